The van der Waals surface area contributed by atoms with E-state index in [2.05, 4.69) is 15.2 Å². The first kappa shape index (κ1) is 18.2. The van der Waals surface area contributed by atoms with Gasteiger partial charge in [0.15, 0.2) is 5.16 Å². The number of carbonyl (C=O) groups is 2. The van der Waals surface area contributed by atoms with Crippen LogP contribution in [0.1, 0.15) is 12.6 Å². The molecule has 1 N–H and O–H groups in total. The van der Waals surface area contributed by atoms with Gasteiger partial charge in [-0.05, 0) is 13.8 Å². The lowest BCUT2D eigenvalue weighted by Gasteiger charge is -2.33. The summed E-state index contributed by atoms with van der Waals surface area (Å²) in [6, 6.07) is 1.46. The SMILES string of the molecule is CCOC(=O)N1CCN(C(=O)CSc2nnc3[nH]c(=O)cc(C)n23)CC1. The average Bonchev–Trinajstić information content (AvgIpc) is 3.03. The Hall–Kier alpha value is -2.56. The molecule has 2 amide bonds. The minimum absolute atomic E-state index is 0.0302. The monoisotopic (exact) mass is 380 g/mol. The molecule has 0 radical (unpaired) electrons. The Labute approximate surface area is 153 Å². The van der Waals surface area contributed by atoms with Crippen molar-refractivity contribution in [2.45, 2.75) is 19.0 Å². The predicted octanol–water partition coefficient (Wildman–Crippen LogP) is 0.119. The van der Waals surface area contributed by atoms with E-state index in [1.807, 2.05) is 0 Å². The van der Waals surface area contributed by atoms with Crippen LogP contribution in [0, 0.1) is 6.92 Å². The molecule has 11 heteroatoms. The van der Waals surface area contributed by atoms with Crippen molar-refractivity contribution < 1.29 is 14.3 Å². The van der Waals surface area contributed by atoms with Crippen LogP contribution in [0.3, 0.4) is 0 Å². The Bertz CT molecular complexity index is 871. The van der Waals surface area contributed by atoms with Crippen LogP contribution in [-0.4, -0.2) is 79.9 Å². The first-order valence-corrected chi connectivity index (χ1v) is 9.25. The van der Waals surface area contributed by atoms with Crippen molar-refractivity contribution in [3.05, 3.63) is 22.1 Å². The van der Waals surface area contributed by atoms with Crippen LogP contribution in [-0.2, 0) is 9.53 Å². The lowest BCUT2D eigenvalue weighted by Crippen LogP contribution is -2.51. The van der Waals surface area contributed by atoms with Gasteiger partial charge in [0.1, 0.15) is 0 Å². The van der Waals surface area contributed by atoms with Gasteiger partial charge in [0, 0.05) is 37.9 Å². The Morgan fingerprint density at radius 3 is 2.62 bits per heavy atom. The van der Waals surface area contributed by atoms with E-state index in [4.69, 9.17) is 4.74 Å². The maximum Gasteiger partial charge on any atom is 0.409 e. The number of hydrogen-bond donors (Lipinski definition) is 1. The second-order valence-corrected chi connectivity index (χ2v) is 6.71. The summed E-state index contributed by atoms with van der Waals surface area (Å²) in [7, 11) is 0. The maximum atomic E-state index is 12.4. The number of H-pyrrole nitrogens is 1. The quantitative estimate of drug-likeness (QED) is 0.750. The molecule has 3 heterocycles. The molecule has 0 spiro atoms. The van der Waals surface area contributed by atoms with Crippen molar-refractivity contribution >= 4 is 29.5 Å². The van der Waals surface area contributed by atoms with E-state index < -0.39 is 0 Å². The number of aryl methyl sites for hydroxylation is 1. The third-order valence-electron chi connectivity index (χ3n) is 4.04. The highest BCUT2D eigenvalue weighted by Crippen LogP contribution is 2.18. The third kappa shape index (κ3) is 3.82. The molecule has 26 heavy (non-hydrogen) atoms. The molecular formula is C15H20N6O4S. The summed E-state index contributed by atoms with van der Waals surface area (Å²) in [5.41, 5.74) is 0.459. The largest absolute Gasteiger partial charge is 0.450 e. The Morgan fingerprint density at radius 2 is 1.92 bits per heavy atom. The summed E-state index contributed by atoms with van der Waals surface area (Å²) in [5, 5.41) is 8.52. The lowest BCUT2D eigenvalue weighted by molar-refractivity contribution is -0.129. The van der Waals surface area contributed by atoms with Gasteiger partial charge in [-0.2, -0.15) is 0 Å². The van der Waals surface area contributed by atoms with E-state index in [0.29, 0.717) is 49.4 Å². The summed E-state index contributed by atoms with van der Waals surface area (Å²) in [6.07, 6.45) is -0.339. The smallest absolute Gasteiger partial charge is 0.409 e. The fraction of sp³-hybridized carbons (Fsp3) is 0.533. The zero-order chi connectivity index (χ0) is 18.7. The van der Waals surface area contributed by atoms with Gasteiger partial charge >= 0.3 is 6.09 Å². The molecule has 140 valence electrons. The van der Waals surface area contributed by atoms with Gasteiger partial charge in [0.05, 0.1) is 12.4 Å². The van der Waals surface area contributed by atoms with Crippen molar-refractivity contribution in [3.8, 4) is 0 Å². The lowest BCUT2D eigenvalue weighted by atomic mass is 10.3. The Morgan fingerprint density at radius 1 is 1.23 bits per heavy atom. The number of carbonyl (C=O) groups excluding carboxylic acids is 2. The number of ether oxygens (including phenoxy) is 1. The number of piperazine rings is 1. The van der Waals surface area contributed by atoms with Crippen molar-refractivity contribution in [2.75, 3.05) is 38.5 Å². The summed E-state index contributed by atoms with van der Waals surface area (Å²) < 4.78 is 6.68. The number of amides is 2. The van der Waals surface area contributed by atoms with Gasteiger partial charge < -0.3 is 14.5 Å². The van der Waals surface area contributed by atoms with Gasteiger partial charge in [0.25, 0.3) is 5.56 Å². The van der Waals surface area contributed by atoms with Crippen LogP contribution >= 0.6 is 11.8 Å². The maximum absolute atomic E-state index is 12.4. The van der Waals surface area contributed by atoms with E-state index >= 15 is 0 Å². The second kappa shape index (κ2) is 7.77. The summed E-state index contributed by atoms with van der Waals surface area (Å²) >= 11 is 1.26. The van der Waals surface area contributed by atoms with Gasteiger partial charge in [-0.1, -0.05) is 11.8 Å². The minimum Gasteiger partial charge on any atom is -0.450 e. The first-order valence-electron chi connectivity index (χ1n) is 8.27. The molecular weight excluding hydrogens is 360 g/mol. The molecule has 1 aliphatic heterocycles. The fourth-order valence-corrected chi connectivity index (χ4v) is 3.63. The molecule has 1 aliphatic rings. The zero-order valence-electron chi connectivity index (χ0n) is 14.6. The van der Waals surface area contributed by atoms with Crippen LogP contribution < -0.4 is 5.56 Å². The molecule has 0 aromatic carbocycles. The molecule has 2 aromatic heterocycles. The van der Waals surface area contributed by atoms with Gasteiger partial charge in [-0.3, -0.25) is 19.0 Å². The Kier molecular flexibility index (Phi) is 5.45. The summed E-state index contributed by atoms with van der Waals surface area (Å²) in [5.74, 6) is 0.531. The Balaban J connectivity index is 1.57. The molecule has 2 aromatic rings. The number of rotatable bonds is 4. The van der Waals surface area contributed by atoms with Crippen LogP contribution in [0.15, 0.2) is 16.0 Å². The number of nitrogens with zero attached hydrogens (tertiary/aromatic N) is 5. The summed E-state index contributed by atoms with van der Waals surface area (Å²) in [4.78, 5) is 41.5. The topological polar surface area (TPSA) is 113 Å². The van der Waals surface area contributed by atoms with E-state index in [1.54, 1.807) is 28.0 Å². The van der Waals surface area contributed by atoms with Crippen LogP contribution in [0.4, 0.5) is 4.79 Å². The molecule has 0 aliphatic carbocycles. The molecule has 0 saturated carbocycles. The summed E-state index contributed by atoms with van der Waals surface area (Å²) in [6.45, 7) is 5.77. The minimum atomic E-state index is -0.339. The molecule has 1 fully saturated rings. The molecule has 3 rings (SSSR count). The molecule has 10 nitrogen and oxygen atoms in total. The second-order valence-electron chi connectivity index (χ2n) is 5.77. The van der Waals surface area contributed by atoms with E-state index in [-0.39, 0.29) is 23.3 Å². The van der Waals surface area contributed by atoms with E-state index in [9.17, 15) is 14.4 Å². The highest BCUT2D eigenvalue weighted by atomic mass is 32.2. The molecule has 1 saturated heterocycles. The highest BCUT2D eigenvalue weighted by Gasteiger charge is 2.25. The first-order chi connectivity index (χ1) is 12.5. The number of nitrogens with one attached hydrogen (secondary N) is 1. The number of thioether (sulfide) groups is 1. The van der Waals surface area contributed by atoms with Crippen molar-refractivity contribution in [1.29, 1.82) is 0 Å². The molecule has 0 bridgehead atoms. The van der Waals surface area contributed by atoms with Crippen LogP contribution in [0.2, 0.25) is 0 Å². The predicted molar refractivity (Wildman–Crippen MR) is 94.2 cm³/mol. The van der Waals surface area contributed by atoms with Gasteiger partial charge in [0.2, 0.25) is 11.7 Å². The molecule has 0 atom stereocenters. The number of aromatic amines is 1. The normalized spacial score (nSPS) is 14.7. The highest BCUT2D eigenvalue weighted by molar-refractivity contribution is 7.99. The van der Waals surface area contributed by atoms with Crippen molar-refractivity contribution in [3.63, 3.8) is 0 Å². The van der Waals surface area contributed by atoms with Gasteiger partial charge in [-0.15, -0.1) is 10.2 Å². The van der Waals surface area contributed by atoms with Crippen LogP contribution in [0.25, 0.3) is 5.78 Å². The van der Waals surface area contributed by atoms with E-state index in [1.165, 1.54) is 17.8 Å². The average molecular weight is 380 g/mol. The van der Waals surface area contributed by atoms with Crippen molar-refractivity contribution in [1.82, 2.24) is 29.4 Å². The molecule has 0 unspecified atom stereocenters. The fourth-order valence-electron chi connectivity index (χ4n) is 2.73. The van der Waals surface area contributed by atoms with E-state index in [0.717, 1.165) is 0 Å². The zero-order valence-corrected chi connectivity index (χ0v) is 15.4. The number of aromatic nitrogens is 4. The number of fused-ring (bicyclic) bond motifs is 1. The van der Waals surface area contributed by atoms with Crippen LogP contribution in [0.5, 0.6) is 0 Å². The standard InChI is InChI=1S/C15H20N6O4S/c1-3-25-15(24)20-6-4-19(5-7-20)12(23)9-26-14-18-17-13-16-11(22)8-10(2)21(13)14/h8H,3-7,9H2,1-2H3,(H,16,17,22). The van der Waals surface area contributed by atoms with Gasteiger partial charge in [-0.25, -0.2) is 4.79 Å². The number of hydrogen-bond acceptors (Lipinski definition) is 7. The van der Waals surface area contributed by atoms with Crippen molar-refractivity contribution in [2.24, 2.45) is 0 Å². The third-order valence-corrected chi connectivity index (χ3v) is 4.96.